The summed E-state index contributed by atoms with van der Waals surface area (Å²) in [6, 6.07) is 8.09. The van der Waals surface area contributed by atoms with E-state index in [0.29, 0.717) is 10.8 Å². The number of nitrogen functional groups attached to an aromatic ring is 1. The Hall–Kier alpha value is -2.01. The number of carbonyl (C=O) groups is 1. The van der Waals surface area contributed by atoms with E-state index in [0.717, 1.165) is 16.9 Å². The molecule has 2 aromatic rings. The van der Waals surface area contributed by atoms with Crippen molar-refractivity contribution >= 4 is 22.4 Å². The first-order valence-electron chi connectivity index (χ1n) is 5.13. The number of primary amides is 1. The van der Waals surface area contributed by atoms with Crippen molar-refractivity contribution in [2.24, 2.45) is 5.73 Å². The summed E-state index contributed by atoms with van der Waals surface area (Å²) in [4.78, 5) is 11.9. The lowest BCUT2D eigenvalue weighted by Gasteiger charge is -2.02. The molecule has 0 atom stereocenters. The van der Waals surface area contributed by atoms with Crippen molar-refractivity contribution in [2.45, 2.75) is 6.42 Å². The van der Waals surface area contributed by atoms with Crippen LogP contribution in [0.25, 0.3) is 10.4 Å². The first kappa shape index (κ1) is 10.2. The van der Waals surface area contributed by atoms with Crippen molar-refractivity contribution in [3.05, 3.63) is 35.4 Å². The molecule has 4 N–H and O–H groups in total. The minimum Gasteiger partial charge on any atom is -0.407 e. The van der Waals surface area contributed by atoms with E-state index in [2.05, 4.69) is 6.07 Å². The van der Waals surface area contributed by atoms with Crippen molar-refractivity contribution in [1.82, 2.24) is 0 Å². The van der Waals surface area contributed by atoms with Gasteiger partial charge in [0.05, 0.1) is 0 Å². The van der Waals surface area contributed by atoms with Crippen LogP contribution >= 0.6 is 11.3 Å². The van der Waals surface area contributed by atoms with Gasteiger partial charge in [-0.1, -0.05) is 24.3 Å². The summed E-state index contributed by atoms with van der Waals surface area (Å²) in [6.45, 7) is 0. The Morgan fingerprint density at radius 3 is 2.88 bits per heavy atom. The summed E-state index contributed by atoms with van der Waals surface area (Å²) in [7, 11) is 0. The normalized spacial score (nSPS) is 12.0. The zero-order valence-electron chi connectivity index (χ0n) is 8.90. The largest absolute Gasteiger partial charge is 0.410 e. The second kappa shape index (κ2) is 3.49. The molecule has 0 unspecified atom stereocenters. The quantitative estimate of drug-likeness (QED) is 0.691. The van der Waals surface area contributed by atoms with Crippen LogP contribution in [0.2, 0.25) is 0 Å². The molecule has 1 amide bonds. The number of thiophene rings is 1. The molecule has 1 aliphatic rings. The maximum absolute atomic E-state index is 10.8. The van der Waals surface area contributed by atoms with Crippen molar-refractivity contribution in [1.29, 1.82) is 0 Å². The second-order valence-electron chi connectivity index (χ2n) is 3.86. The van der Waals surface area contributed by atoms with E-state index >= 15 is 0 Å². The molecule has 3 rings (SSSR count). The number of anilines is 1. The summed E-state index contributed by atoms with van der Waals surface area (Å²) < 4.78 is 4.98. The van der Waals surface area contributed by atoms with Gasteiger partial charge in [0.1, 0.15) is 5.00 Å². The SMILES string of the molecule is NC(=O)Oc1c(N)sc2c1Cc1ccccc1-2. The standard InChI is InChI=1S/C12H10N2O2S/c13-11-9(16-12(14)15)8-5-6-3-1-2-4-7(6)10(8)17-11/h1-4H,5,13H2,(H2,14,15). The first-order chi connectivity index (χ1) is 8.16. The zero-order chi connectivity index (χ0) is 12.0. The van der Waals surface area contributed by atoms with Crippen molar-refractivity contribution in [3.8, 4) is 16.2 Å². The Bertz CT molecular complexity index is 619. The first-order valence-corrected chi connectivity index (χ1v) is 5.95. The molecule has 1 aliphatic carbocycles. The molecule has 86 valence electrons. The fourth-order valence-corrected chi connectivity index (χ4v) is 3.22. The zero-order valence-corrected chi connectivity index (χ0v) is 9.71. The van der Waals surface area contributed by atoms with Gasteiger partial charge >= 0.3 is 6.09 Å². The third-order valence-corrected chi connectivity index (χ3v) is 3.89. The van der Waals surface area contributed by atoms with Crippen LogP contribution < -0.4 is 16.2 Å². The van der Waals surface area contributed by atoms with Gasteiger partial charge in [-0.2, -0.15) is 0 Å². The Morgan fingerprint density at radius 1 is 1.35 bits per heavy atom. The highest BCUT2D eigenvalue weighted by atomic mass is 32.1. The molecular weight excluding hydrogens is 236 g/mol. The lowest BCUT2D eigenvalue weighted by molar-refractivity contribution is 0.211. The fraction of sp³-hybridized carbons (Fsp3) is 0.0833. The highest BCUT2D eigenvalue weighted by Gasteiger charge is 2.27. The van der Waals surface area contributed by atoms with E-state index in [4.69, 9.17) is 16.2 Å². The number of carbonyl (C=O) groups excluding carboxylic acids is 1. The van der Waals surface area contributed by atoms with Crippen LogP contribution in [0.1, 0.15) is 11.1 Å². The van der Waals surface area contributed by atoms with Crippen molar-refractivity contribution in [2.75, 3.05) is 5.73 Å². The number of ether oxygens (including phenoxy) is 1. The lowest BCUT2D eigenvalue weighted by atomic mass is 10.1. The van der Waals surface area contributed by atoms with Gasteiger partial charge in [-0.05, 0) is 11.1 Å². The average molecular weight is 246 g/mol. The molecule has 1 aromatic heterocycles. The summed E-state index contributed by atoms with van der Waals surface area (Å²) >= 11 is 1.43. The molecule has 0 bridgehead atoms. The average Bonchev–Trinajstić information content (AvgIpc) is 2.77. The van der Waals surface area contributed by atoms with Gasteiger partial charge in [-0.25, -0.2) is 4.79 Å². The number of hydrogen-bond acceptors (Lipinski definition) is 4. The summed E-state index contributed by atoms with van der Waals surface area (Å²) in [5.41, 5.74) is 14.2. The molecule has 5 heteroatoms. The molecule has 0 aliphatic heterocycles. The maximum Gasteiger partial charge on any atom is 0.410 e. The van der Waals surface area contributed by atoms with Gasteiger partial charge in [0.25, 0.3) is 0 Å². The maximum atomic E-state index is 10.8. The number of fused-ring (bicyclic) bond motifs is 3. The molecule has 1 aromatic carbocycles. The summed E-state index contributed by atoms with van der Waals surface area (Å²) in [5, 5.41) is 0.503. The van der Waals surface area contributed by atoms with Crippen LogP contribution in [0.4, 0.5) is 9.80 Å². The van der Waals surface area contributed by atoms with Crippen LogP contribution in [-0.4, -0.2) is 6.09 Å². The number of hydrogen-bond donors (Lipinski definition) is 2. The van der Waals surface area contributed by atoms with Crippen molar-refractivity contribution < 1.29 is 9.53 Å². The Kier molecular flexibility index (Phi) is 2.09. The van der Waals surface area contributed by atoms with E-state index in [9.17, 15) is 4.79 Å². The Morgan fingerprint density at radius 2 is 2.12 bits per heavy atom. The molecule has 17 heavy (non-hydrogen) atoms. The van der Waals surface area contributed by atoms with Crippen LogP contribution in [0.3, 0.4) is 0 Å². The van der Waals surface area contributed by atoms with E-state index in [1.165, 1.54) is 22.5 Å². The molecule has 4 nitrogen and oxygen atoms in total. The lowest BCUT2D eigenvalue weighted by Crippen LogP contribution is -2.17. The third-order valence-electron chi connectivity index (χ3n) is 2.82. The predicted octanol–water partition coefficient (Wildman–Crippen LogP) is 2.36. The number of amides is 1. The van der Waals surface area contributed by atoms with Gasteiger partial charge in [0, 0.05) is 16.9 Å². The van der Waals surface area contributed by atoms with E-state index in [-0.39, 0.29) is 0 Å². The highest BCUT2D eigenvalue weighted by Crippen LogP contribution is 2.50. The van der Waals surface area contributed by atoms with Gasteiger partial charge < -0.3 is 16.2 Å². The number of rotatable bonds is 1. The predicted molar refractivity (Wildman–Crippen MR) is 67.2 cm³/mol. The summed E-state index contributed by atoms with van der Waals surface area (Å²) in [6.07, 6.45) is -0.0878. The third kappa shape index (κ3) is 1.47. The van der Waals surface area contributed by atoms with Gasteiger partial charge in [0.15, 0.2) is 5.75 Å². The molecule has 0 saturated carbocycles. The minimum absolute atomic E-state index is 0.425. The number of benzene rings is 1. The van der Waals surface area contributed by atoms with Crippen LogP contribution in [-0.2, 0) is 6.42 Å². The van der Waals surface area contributed by atoms with E-state index in [1.807, 2.05) is 18.2 Å². The molecule has 0 fully saturated rings. The van der Waals surface area contributed by atoms with Crippen LogP contribution in [0, 0.1) is 0 Å². The smallest absolute Gasteiger partial charge is 0.407 e. The van der Waals surface area contributed by atoms with E-state index in [1.54, 1.807) is 0 Å². The van der Waals surface area contributed by atoms with Crippen LogP contribution in [0.5, 0.6) is 5.75 Å². The van der Waals surface area contributed by atoms with Crippen molar-refractivity contribution in [3.63, 3.8) is 0 Å². The van der Waals surface area contributed by atoms with Gasteiger partial charge in [-0.15, -0.1) is 11.3 Å². The summed E-state index contributed by atoms with van der Waals surface area (Å²) in [5.74, 6) is 0.425. The molecular formula is C12H10N2O2S. The monoisotopic (exact) mass is 246 g/mol. The highest BCUT2D eigenvalue weighted by molar-refractivity contribution is 7.20. The Balaban J connectivity index is 2.14. The fourth-order valence-electron chi connectivity index (χ4n) is 2.15. The number of nitrogens with two attached hydrogens (primary N) is 2. The van der Waals surface area contributed by atoms with Gasteiger partial charge in [0.2, 0.25) is 0 Å². The molecule has 0 radical (unpaired) electrons. The molecule has 1 heterocycles. The second-order valence-corrected chi connectivity index (χ2v) is 4.91. The molecule has 0 saturated heterocycles. The van der Waals surface area contributed by atoms with Crippen LogP contribution in [0.15, 0.2) is 24.3 Å². The molecule has 0 spiro atoms. The minimum atomic E-state index is -0.826. The Labute approximate surface area is 102 Å². The van der Waals surface area contributed by atoms with E-state index < -0.39 is 6.09 Å². The van der Waals surface area contributed by atoms with Gasteiger partial charge in [-0.3, -0.25) is 0 Å². The topological polar surface area (TPSA) is 78.3 Å².